The van der Waals surface area contributed by atoms with Crippen molar-refractivity contribution in [3.8, 4) is 0 Å². The van der Waals surface area contributed by atoms with Crippen molar-refractivity contribution < 1.29 is 19.7 Å². The molecular weight excluding hydrogens is 486 g/mol. The number of rotatable bonds is 5. The molecule has 4 saturated carbocycles. The van der Waals surface area contributed by atoms with Gasteiger partial charge in [-0.1, -0.05) is 51.1 Å². The number of carbonyl (C=O) groups is 1. The van der Waals surface area contributed by atoms with Gasteiger partial charge in [-0.15, -0.1) is 0 Å². The third kappa shape index (κ3) is 4.89. The summed E-state index contributed by atoms with van der Waals surface area (Å²) in [5.74, 6) is 3.46. The number of hydrogen-bond acceptors (Lipinski definition) is 4. The minimum Gasteiger partial charge on any atom is -0.393 e. The average Bonchev–Trinajstić information content (AvgIpc) is 3.30. The second-order valence-corrected chi connectivity index (χ2v) is 14.6. The molecule has 1 aromatic carbocycles. The highest BCUT2D eigenvalue weighted by Gasteiger charge is 2.62. The Morgan fingerprint density at radius 3 is 2.56 bits per heavy atom. The van der Waals surface area contributed by atoms with Crippen molar-refractivity contribution in [3.05, 3.63) is 35.9 Å². The van der Waals surface area contributed by atoms with E-state index in [4.69, 9.17) is 4.74 Å². The average molecular weight is 538 g/mol. The topological polar surface area (TPSA) is 70.0 Å². The van der Waals surface area contributed by atoms with Gasteiger partial charge >= 0.3 is 0 Å². The minimum atomic E-state index is -0.225. The quantitative estimate of drug-likeness (QED) is 0.484. The standard InChI is InChI=1S/C34H51NO4/c1-22(9-12-31(38)35-17-18-39-30(21-35)23-7-5-4-6-8-23)26-10-11-27-32-28(14-16-34(26,27)3)33(2)15-13-25(36)19-24(33)20-29(32)37/h4-8,22,24-30,32,36-37H,9-21H2,1-3H3/t22-,24+,25-,26-,27+,28+,29+,30?,32+,33+,34-/m0/s1. The summed E-state index contributed by atoms with van der Waals surface area (Å²) in [7, 11) is 0. The van der Waals surface area contributed by atoms with Gasteiger partial charge in [-0.3, -0.25) is 4.79 Å². The highest BCUT2D eigenvalue weighted by Crippen LogP contribution is 2.68. The van der Waals surface area contributed by atoms with Crippen LogP contribution in [0.5, 0.6) is 0 Å². The molecule has 5 fully saturated rings. The number of hydrogen-bond donors (Lipinski definition) is 2. The van der Waals surface area contributed by atoms with Gasteiger partial charge in [0, 0.05) is 13.0 Å². The lowest BCUT2D eigenvalue weighted by atomic mass is 9.43. The zero-order chi connectivity index (χ0) is 27.4. The van der Waals surface area contributed by atoms with Crippen LogP contribution in [0.25, 0.3) is 0 Å². The molecule has 2 N–H and O–H groups in total. The van der Waals surface area contributed by atoms with Crippen molar-refractivity contribution in [1.29, 1.82) is 0 Å². The van der Waals surface area contributed by atoms with Crippen LogP contribution in [0.1, 0.15) is 96.6 Å². The number of nitrogens with zero attached hydrogens (tertiary/aromatic N) is 1. The third-order valence-corrected chi connectivity index (χ3v) is 12.8. The van der Waals surface area contributed by atoms with Gasteiger partial charge in [-0.05, 0) is 110 Å². The second-order valence-electron chi connectivity index (χ2n) is 14.6. The van der Waals surface area contributed by atoms with Crippen LogP contribution < -0.4 is 0 Å². The molecule has 11 atom stereocenters. The molecule has 0 spiro atoms. The molecule has 1 amide bonds. The summed E-state index contributed by atoms with van der Waals surface area (Å²) < 4.78 is 5.99. The smallest absolute Gasteiger partial charge is 0.222 e. The van der Waals surface area contributed by atoms with Crippen LogP contribution in [0.2, 0.25) is 0 Å². The molecule has 1 aromatic rings. The molecule has 6 rings (SSSR count). The predicted molar refractivity (Wildman–Crippen MR) is 153 cm³/mol. The summed E-state index contributed by atoms with van der Waals surface area (Å²) in [6.07, 6.45) is 9.87. The molecular formula is C34H51NO4. The van der Waals surface area contributed by atoms with Crippen LogP contribution >= 0.6 is 0 Å². The van der Waals surface area contributed by atoms with E-state index >= 15 is 0 Å². The number of carbonyl (C=O) groups excluding carboxylic acids is 1. The normalized spacial score (nSPS) is 44.7. The Kier molecular flexibility index (Phi) is 7.65. The van der Waals surface area contributed by atoms with E-state index in [0.29, 0.717) is 61.6 Å². The first-order valence-electron chi connectivity index (χ1n) is 16.0. The molecule has 0 bridgehead atoms. The second kappa shape index (κ2) is 10.8. The molecule has 5 heteroatoms. The van der Waals surface area contributed by atoms with E-state index in [0.717, 1.165) is 37.7 Å². The Labute approximate surface area is 235 Å². The summed E-state index contributed by atoms with van der Waals surface area (Å²) in [6, 6.07) is 10.3. The van der Waals surface area contributed by atoms with E-state index < -0.39 is 0 Å². The van der Waals surface area contributed by atoms with Crippen molar-refractivity contribution in [1.82, 2.24) is 4.90 Å². The lowest BCUT2D eigenvalue weighted by Gasteiger charge is -2.62. The number of aliphatic hydroxyl groups excluding tert-OH is 2. The van der Waals surface area contributed by atoms with Gasteiger partial charge < -0.3 is 19.8 Å². The molecule has 5 nitrogen and oxygen atoms in total. The van der Waals surface area contributed by atoms with Crippen LogP contribution in [-0.2, 0) is 9.53 Å². The predicted octanol–water partition coefficient (Wildman–Crippen LogP) is 5.99. The van der Waals surface area contributed by atoms with Crippen molar-refractivity contribution in [2.45, 2.75) is 103 Å². The van der Waals surface area contributed by atoms with Crippen LogP contribution in [0.15, 0.2) is 30.3 Å². The van der Waals surface area contributed by atoms with E-state index in [1.54, 1.807) is 0 Å². The zero-order valence-electron chi connectivity index (χ0n) is 24.4. The number of fused-ring (bicyclic) bond motifs is 5. The third-order valence-electron chi connectivity index (χ3n) is 12.8. The Morgan fingerprint density at radius 2 is 1.77 bits per heavy atom. The van der Waals surface area contributed by atoms with Gasteiger partial charge in [0.15, 0.2) is 0 Å². The summed E-state index contributed by atoms with van der Waals surface area (Å²) in [6.45, 7) is 9.36. The first-order chi connectivity index (χ1) is 18.7. The molecule has 1 aliphatic heterocycles. The van der Waals surface area contributed by atoms with E-state index in [1.165, 1.54) is 25.7 Å². The maximum atomic E-state index is 13.3. The molecule has 1 saturated heterocycles. The molecule has 4 aliphatic carbocycles. The van der Waals surface area contributed by atoms with Crippen LogP contribution in [0, 0.1) is 46.3 Å². The molecule has 0 radical (unpaired) electrons. The van der Waals surface area contributed by atoms with Gasteiger partial charge in [0.1, 0.15) is 6.10 Å². The number of benzene rings is 1. The van der Waals surface area contributed by atoms with E-state index in [2.05, 4.69) is 32.9 Å². The van der Waals surface area contributed by atoms with E-state index in [9.17, 15) is 15.0 Å². The van der Waals surface area contributed by atoms with Crippen molar-refractivity contribution in [2.75, 3.05) is 19.7 Å². The van der Waals surface area contributed by atoms with Gasteiger partial charge in [-0.2, -0.15) is 0 Å². The van der Waals surface area contributed by atoms with Crippen molar-refractivity contribution >= 4 is 5.91 Å². The Balaban J connectivity index is 1.08. The maximum Gasteiger partial charge on any atom is 0.222 e. The lowest BCUT2D eigenvalue weighted by Crippen LogP contribution is -2.58. The lowest BCUT2D eigenvalue weighted by molar-refractivity contribution is -0.174. The number of ether oxygens (including phenoxy) is 1. The van der Waals surface area contributed by atoms with Gasteiger partial charge in [0.2, 0.25) is 5.91 Å². The van der Waals surface area contributed by atoms with Crippen LogP contribution in [0.3, 0.4) is 0 Å². The molecule has 216 valence electrons. The van der Waals surface area contributed by atoms with Gasteiger partial charge in [0.25, 0.3) is 0 Å². The maximum absolute atomic E-state index is 13.3. The summed E-state index contributed by atoms with van der Waals surface area (Å²) in [5, 5.41) is 21.9. The monoisotopic (exact) mass is 537 g/mol. The van der Waals surface area contributed by atoms with E-state index in [-0.39, 0.29) is 35.0 Å². The Bertz CT molecular complexity index is 1020. The SMILES string of the molecule is C[C@@H](CCC(=O)N1CCOC(c2ccccc2)C1)[C@@H]1CC[C@@H]2[C@H]3[C@H](O)C[C@H]4C[C@@H](O)CC[C@@]4(C)[C@@H]3CC[C@]21C. The van der Waals surface area contributed by atoms with Gasteiger partial charge in [0.05, 0.1) is 25.4 Å². The first kappa shape index (κ1) is 27.7. The summed E-state index contributed by atoms with van der Waals surface area (Å²) in [4.78, 5) is 15.3. The Morgan fingerprint density at radius 1 is 1.03 bits per heavy atom. The summed E-state index contributed by atoms with van der Waals surface area (Å²) in [5.41, 5.74) is 1.69. The van der Waals surface area contributed by atoms with E-state index in [1.807, 2.05) is 23.1 Å². The summed E-state index contributed by atoms with van der Waals surface area (Å²) >= 11 is 0. The number of aliphatic hydroxyl groups is 2. The molecule has 0 aromatic heterocycles. The minimum absolute atomic E-state index is 0.0261. The van der Waals surface area contributed by atoms with Crippen molar-refractivity contribution in [2.24, 2.45) is 46.3 Å². The highest BCUT2D eigenvalue weighted by molar-refractivity contribution is 5.76. The number of morpholine rings is 1. The fraction of sp³-hybridized carbons (Fsp3) is 0.794. The zero-order valence-corrected chi connectivity index (χ0v) is 24.4. The Hall–Kier alpha value is -1.43. The van der Waals surface area contributed by atoms with Crippen LogP contribution in [0.4, 0.5) is 0 Å². The van der Waals surface area contributed by atoms with Crippen molar-refractivity contribution in [3.63, 3.8) is 0 Å². The fourth-order valence-electron chi connectivity index (χ4n) is 10.6. The highest BCUT2D eigenvalue weighted by atomic mass is 16.5. The molecule has 1 unspecified atom stereocenters. The van der Waals surface area contributed by atoms with Gasteiger partial charge in [-0.25, -0.2) is 0 Å². The van der Waals surface area contributed by atoms with Crippen LogP contribution in [-0.4, -0.2) is 52.9 Å². The fourth-order valence-corrected chi connectivity index (χ4v) is 10.6. The molecule has 1 heterocycles. The number of amides is 1. The molecule has 39 heavy (non-hydrogen) atoms. The first-order valence-corrected chi connectivity index (χ1v) is 16.0. The molecule has 5 aliphatic rings. The largest absolute Gasteiger partial charge is 0.393 e.